The number of aliphatic hydroxyl groups excluding tert-OH is 1. The van der Waals surface area contributed by atoms with Crippen molar-refractivity contribution >= 4 is 0 Å². The Morgan fingerprint density at radius 1 is 1.21 bits per heavy atom. The molecule has 0 spiro atoms. The summed E-state index contributed by atoms with van der Waals surface area (Å²) in [5.74, 6) is 0.530. The first-order valence-electron chi connectivity index (χ1n) is 8.15. The first-order valence-corrected chi connectivity index (χ1v) is 8.15. The monoisotopic (exact) mass is 269 g/mol. The van der Waals surface area contributed by atoms with Gasteiger partial charge in [-0.3, -0.25) is 0 Å². The first-order chi connectivity index (χ1) is 9.15. The van der Waals surface area contributed by atoms with Gasteiger partial charge in [-0.05, 0) is 31.6 Å². The lowest BCUT2D eigenvalue weighted by Gasteiger charge is -2.44. The fourth-order valence-corrected chi connectivity index (χ4v) is 3.56. The maximum Gasteiger partial charge on any atom is 0.0616 e. The number of hydrogen-bond donors (Lipinski definition) is 2. The number of aliphatic hydroxyl groups is 1. The minimum Gasteiger partial charge on any atom is -0.394 e. The Morgan fingerprint density at radius 3 is 2.47 bits per heavy atom. The summed E-state index contributed by atoms with van der Waals surface area (Å²) >= 11 is 0. The molecule has 1 heterocycles. The van der Waals surface area contributed by atoms with Crippen LogP contribution in [-0.4, -0.2) is 36.0 Å². The van der Waals surface area contributed by atoms with Crippen LogP contribution in [0.4, 0.5) is 0 Å². The largest absolute Gasteiger partial charge is 0.394 e. The standard InChI is InChI=1S/C16H31NO2/c1-13(2)15-11-16(12-18,9-10-19-15)17-14-7-5-3-4-6-8-14/h13-15,17-18H,3-12H2,1-2H3. The molecule has 112 valence electrons. The molecule has 1 aliphatic heterocycles. The molecule has 2 atom stereocenters. The second-order valence-electron chi connectivity index (χ2n) is 6.88. The van der Waals surface area contributed by atoms with E-state index >= 15 is 0 Å². The number of nitrogens with one attached hydrogen (secondary N) is 1. The van der Waals surface area contributed by atoms with Gasteiger partial charge in [-0.2, -0.15) is 0 Å². The predicted octanol–water partition coefficient (Wildman–Crippen LogP) is 2.86. The second-order valence-corrected chi connectivity index (χ2v) is 6.88. The van der Waals surface area contributed by atoms with E-state index in [9.17, 15) is 5.11 Å². The van der Waals surface area contributed by atoms with Gasteiger partial charge >= 0.3 is 0 Å². The Balaban J connectivity index is 1.96. The van der Waals surface area contributed by atoms with E-state index < -0.39 is 0 Å². The van der Waals surface area contributed by atoms with Crippen LogP contribution in [0, 0.1) is 5.92 Å². The molecule has 0 aromatic rings. The first kappa shape index (κ1) is 15.3. The van der Waals surface area contributed by atoms with Crippen molar-refractivity contribution in [3.63, 3.8) is 0 Å². The zero-order chi connectivity index (χ0) is 13.7. The minimum absolute atomic E-state index is 0.0950. The van der Waals surface area contributed by atoms with Crippen molar-refractivity contribution in [3.05, 3.63) is 0 Å². The lowest BCUT2D eigenvalue weighted by atomic mass is 9.82. The highest BCUT2D eigenvalue weighted by atomic mass is 16.5. The molecule has 19 heavy (non-hydrogen) atoms. The summed E-state index contributed by atoms with van der Waals surface area (Å²) < 4.78 is 5.86. The van der Waals surface area contributed by atoms with Gasteiger partial charge in [0.25, 0.3) is 0 Å². The van der Waals surface area contributed by atoms with Gasteiger partial charge in [0.05, 0.1) is 12.7 Å². The van der Waals surface area contributed by atoms with Crippen LogP contribution in [0.2, 0.25) is 0 Å². The molecule has 0 aromatic carbocycles. The zero-order valence-corrected chi connectivity index (χ0v) is 12.7. The Labute approximate surface area is 118 Å². The third-order valence-corrected chi connectivity index (χ3v) is 4.92. The average Bonchev–Trinajstić information content (AvgIpc) is 2.67. The molecule has 3 nitrogen and oxygen atoms in total. The van der Waals surface area contributed by atoms with E-state index in [0.717, 1.165) is 19.4 Å². The molecule has 2 unspecified atom stereocenters. The normalized spacial score (nSPS) is 34.4. The van der Waals surface area contributed by atoms with Crippen molar-refractivity contribution in [1.82, 2.24) is 5.32 Å². The van der Waals surface area contributed by atoms with Gasteiger partial charge in [0, 0.05) is 18.2 Å². The highest BCUT2D eigenvalue weighted by molar-refractivity contribution is 4.96. The summed E-state index contributed by atoms with van der Waals surface area (Å²) in [6.07, 6.45) is 10.2. The quantitative estimate of drug-likeness (QED) is 0.771. The van der Waals surface area contributed by atoms with E-state index in [1.165, 1.54) is 38.5 Å². The Bertz CT molecular complexity index is 261. The predicted molar refractivity (Wildman–Crippen MR) is 78.3 cm³/mol. The molecule has 2 N–H and O–H groups in total. The van der Waals surface area contributed by atoms with E-state index in [4.69, 9.17) is 4.74 Å². The molecule has 1 saturated carbocycles. The second kappa shape index (κ2) is 7.05. The summed E-state index contributed by atoms with van der Waals surface area (Å²) in [6, 6.07) is 0.598. The van der Waals surface area contributed by atoms with Crippen LogP contribution in [0.3, 0.4) is 0 Å². The van der Waals surface area contributed by atoms with Crippen molar-refractivity contribution in [2.24, 2.45) is 5.92 Å². The third-order valence-electron chi connectivity index (χ3n) is 4.92. The third kappa shape index (κ3) is 4.17. The van der Waals surface area contributed by atoms with Crippen molar-refractivity contribution in [3.8, 4) is 0 Å². The molecule has 1 saturated heterocycles. The van der Waals surface area contributed by atoms with E-state index in [0.29, 0.717) is 18.1 Å². The summed E-state index contributed by atoms with van der Waals surface area (Å²) in [5.41, 5.74) is -0.0950. The van der Waals surface area contributed by atoms with Crippen LogP contribution in [0.5, 0.6) is 0 Å². The van der Waals surface area contributed by atoms with Gasteiger partial charge in [-0.25, -0.2) is 0 Å². The topological polar surface area (TPSA) is 41.5 Å². The molecular weight excluding hydrogens is 238 g/mol. The smallest absolute Gasteiger partial charge is 0.0616 e. The van der Waals surface area contributed by atoms with Crippen LogP contribution in [0.25, 0.3) is 0 Å². The van der Waals surface area contributed by atoms with Crippen LogP contribution in [0.1, 0.15) is 65.2 Å². The van der Waals surface area contributed by atoms with Gasteiger partial charge in [-0.15, -0.1) is 0 Å². The van der Waals surface area contributed by atoms with Crippen LogP contribution in [-0.2, 0) is 4.74 Å². The molecule has 3 heteroatoms. The maximum absolute atomic E-state index is 9.92. The molecule has 2 rings (SSSR count). The maximum atomic E-state index is 9.92. The summed E-state index contributed by atoms with van der Waals surface area (Å²) in [4.78, 5) is 0. The molecule has 0 aromatic heterocycles. The van der Waals surface area contributed by atoms with E-state index in [-0.39, 0.29) is 12.1 Å². The molecule has 0 bridgehead atoms. The van der Waals surface area contributed by atoms with Crippen LogP contribution in [0.15, 0.2) is 0 Å². The minimum atomic E-state index is -0.0950. The summed E-state index contributed by atoms with van der Waals surface area (Å²) in [6.45, 7) is 5.45. The Hall–Kier alpha value is -0.120. The lowest BCUT2D eigenvalue weighted by molar-refractivity contribution is -0.0678. The molecule has 0 amide bonds. The number of ether oxygens (including phenoxy) is 1. The highest BCUT2D eigenvalue weighted by Crippen LogP contribution is 2.30. The van der Waals surface area contributed by atoms with Crippen molar-refractivity contribution in [2.45, 2.75) is 82.9 Å². The fraction of sp³-hybridized carbons (Fsp3) is 1.00. The number of hydrogen-bond acceptors (Lipinski definition) is 3. The lowest BCUT2D eigenvalue weighted by Crippen LogP contribution is -2.58. The SMILES string of the molecule is CC(C)C1CC(CO)(NC2CCCCCC2)CCO1. The van der Waals surface area contributed by atoms with Gasteiger partial charge in [0.1, 0.15) is 0 Å². The highest BCUT2D eigenvalue weighted by Gasteiger charge is 2.38. The van der Waals surface area contributed by atoms with E-state index in [1.54, 1.807) is 0 Å². The van der Waals surface area contributed by atoms with Crippen molar-refractivity contribution in [2.75, 3.05) is 13.2 Å². The van der Waals surface area contributed by atoms with Gasteiger partial charge in [0.15, 0.2) is 0 Å². The summed E-state index contributed by atoms with van der Waals surface area (Å²) in [5, 5.41) is 13.7. The average molecular weight is 269 g/mol. The van der Waals surface area contributed by atoms with E-state index in [2.05, 4.69) is 19.2 Å². The number of rotatable bonds is 4. The summed E-state index contributed by atoms with van der Waals surface area (Å²) in [7, 11) is 0. The van der Waals surface area contributed by atoms with Gasteiger partial charge in [0.2, 0.25) is 0 Å². The molecule has 2 aliphatic rings. The van der Waals surface area contributed by atoms with Crippen molar-refractivity contribution < 1.29 is 9.84 Å². The molecule has 1 aliphatic carbocycles. The Kier molecular flexibility index (Phi) is 5.67. The van der Waals surface area contributed by atoms with Crippen LogP contribution >= 0.6 is 0 Å². The molecular formula is C16H31NO2. The van der Waals surface area contributed by atoms with Gasteiger partial charge < -0.3 is 15.2 Å². The van der Waals surface area contributed by atoms with Crippen molar-refractivity contribution in [1.29, 1.82) is 0 Å². The van der Waals surface area contributed by atoms with E-state index in [1.807, 2.05) is 0 Å². The molecule has 2 fully saturated rings. The fourth-order valence-electron chi connectivity index (χ4n) is 3.56. The van der Waals surface area contributed by atoms with Crippen LogP contribution < -0.4 is 5.32 Å². The van der Waals surface area contributed by atoms with Gasteiger partial charge in [-0.1, -0.05) is 39.5 Å². The Morgan fingerprint density at radius 2 is 1.89 bits per heavy atom. The molecule has 0 radical (unpaired) electrons. The zero-order valence-electron chi connectivity index (χ0n) is 12.7.